The van der Waals surface area contributed by atoms with Gasteiger partial charge in [-0.1, -0.05) is 30.6 Å². The number of anilines is 2. The van der Waals surface area contributed by atoms with Gasteiger partial charge < -0.3 is 14.6 Å². The molecule has 0 saturated carbocycles. The number of para-hydroxylation sites is 1. The molecule has 2 aromatic carbocycles. The number of hydrogen-bond acceptors (Lipinski definition) is 4. The maximum Gasteiger partial charge on any atom is 0.249 e. The third-order valence-electron chi connectivity index (χ3n) is 4.89. The SMILES string of the molecule is C[B]N1c2ccc(Cl)cc2N=C(N2CCN(C)CC2)c2ccccc21. The van der Waals surface area contributed by atoms with Crippen LogP contribution in [-0.4, -0.2) is 56.3 Å². The largest absolute Gasteiger partial charge is 0.389 e. The smallest absolute Gasteiger partial charge is 0.249 e. The molecule has 2 heterocycles. The molecule has 6 heteroatoms. The van der Waals surface area contributed by atoms with Crippen molar-refractivity contribution >= 4 is 41.9 Å². The van der Waals surface area contributed by atoms with Crippen molar-refractivity contribution in [1.82, 2.24) is 9.80 Å². The van der Waals surface area contributed by atoms with E-state index in [9.17, 15) is 0 Å². The van der Waals surface area contributed by atoms with E-state index >= 15 is 0 Å². The van der Waals surface area contributed by atoms with Crippen molar-refractivity contribution in [3.8, 4) is 0 Å². The summed E-state index contributed by atoms with van der Waals surface area (Å²) in [7, 11) is 4.26. The molecule has 0 aliphatic carbocycles. The fourth-order valence-corrected chi connectivity index (χ4v) is 3.67. The van der Waals surface area contributed by atoms with Crippen LogP contribution in [0, 0.1) is 0 Å². The fourth-order valence-electron chi connectivity index (χ4n) is 3.50. The van der Waals surface area contributed by atoms with Gasteiger partial charge in [0, 0.05) is 42.5 Å². The van der Waals surface area contributed by atoms with E-state index in [1.165, 1.54) is 0 Å². The van der Waals surface area contributed by atoms with E-state index in [1.54, 1.807) is 0 Å². The lowest BCUT2D eigenvalue weighted by molar-refractivity contribution is 0.216. The number of fused-ring (bicyclic) bond motifs is 2. The Morgan fingerprint density at radius 3 is 2.52 bits per heavy atom. The van der Waals surface area contributed by atoms with E-state index < -0.39 is 0 Å². The first-order valence-corrected chi connectivity index (χ1v) is 9.05. The Kier molecular flexibility index (Phi) is 4.44. The van der Waals surface area contributed by atoms with Crippen LogP contribution in [0.5, 0.6) is 0 Å². The van der Waals surface area contributed by atoms with Gasteiger partial charge in [0.2, 0.25) is 7.41 Å². The van der Waals surface area contributed by atoms with Crippen molar-refractivity contribution in [2.75, 3.05) is 38.0 Å². The van der Waals surface area contributed by atoms with Crippen molar-refractivity contribution < 1.29 is 0 Å². The Bertz CT molecular complexity index is 815. The summed E-state index contributed by atoms with van der Waals surface area (Å²) in [6, 6.07) is 14.4. The van der Waals surface area contributed by atoms with Gasteiger partial charge in [-0.05, 0) is 37.4 Å². The predicted molar refractivity (Wildman–Crippen MR) is 107 cm³/mol. The number of piperazine rings is 1. The van der Waals surface area contributed by atoms with Crippen LogP contribution in [0.3, 0.4) is 0 Å². The van der Waals surface area contributed by atoms with Crippen LogP contribution in [0.15, 0.2) is 47.5 Å². The Balaban J connectivity index is 1.89. The molecule has 0 amide bonds. The van der Waals surface area contributed by atoms with Crippen molar-refractivity contribution in [3.63, 3.8) is 0 Å². The number of rotatable bonds is 1. The van der Waals surface area contributed by atoms with E-state index in [1.807, 2.05) is 18.2 Å². The molecule has 0 spiro atoms. The molecule has 0 bridgehead atoms. The highest BCUT2D eigenvalue weighted by atomic mass is 35.5. The van der Waals surface area contributed by atoms with Crippen LogP contribution < -0.4 is 4.81 Å². The maximum atomic E-state index is 6.27. The van der Waals surface area contributed by atoms with Crippen molar-refractivity contribution in [3.05, 3.63) is 53.1 Å². The third kappa shape index (κ3) is 3.03. The van der Waals surface area contributed by atoms with Crippen molar-refractivity contribution in [2.45, 2.75) is 6.82 Å². The lowest BCUT2D eigenvalue weighted by Gasteiger charge is -2.35. The first kappa shape index (κ1) is 16.5. The molecule has 0 unspecified atom stereocenters. The monoisotopic (exact) mass is 351 g/mol. The lowest BCUT2D eigenvalue weighted by Crippen LogP contribution is -2.47. The molecule has 2 aliphatic heterocycles. The van der Waals surface area contributed by atoms with E-state index in [4.69, 9.17) is 16.6 Å². The van der Waals surface area contributed by atoms with Crippen LogP contribution in [0.25, 0.3) is 0 Å². The number of benzene rings is 2. The third-order valence-corrected chi connectivity index (χ3v) is 5.12. The summed E-state index contributed by atoms with van der Waals surface area (Å²) in [5.74, 6) is 1.04. The number of amidine groups is 1. The zero-order valence-electron chi connectivity index (χ0n) is 14.6. The molecular formula is C19H21BClN4. The molecule has 2 aliphatic rings. The Hall–Kier alpha value is -1.98. The van der Waals surface area contributed by atoms with Crippen LogP contribution in [0.1, 0.15) is 5.56 Å². The first-order valence-electron chi connectivity index (χ1n) is 8.67. The van der Waals surface area contributed by atoms with Gasteiger partial charge in [0.1, 0.15) is 5.84 Å². The summed E-state index contributed by atoms with van der Waals surface area (Å²) < 4.78 is 0. The minimum atomic E-state index is 0.710. The summed E-state index contributed by atoms with van der Waals surface area (Å²) in [4.78, 5) is 12.0. The number of halogens is 1. The molecular weight excluding hydrogens is 331 g/mol. The fraction of sp³-hybridized carbons (Fsp3) is 0.316. The lowest BCUT2D eigenvalue weighted by atomic mass is 9.91. The Morgan fingerprint density at radius 1 is 1.00 bits per heavy atom. The average molecular weight is 352 g/mol. The van der Waals surface area contributed by atoms with E-state index in [0.29, 0.717) is 5.02 Å². The van der Waals surface area contributed by atoms with Crippen LogP contribution in [0.4, 0.5) is 17.1 Å². The Morgan fingerprint density at radius 2 is 1.76 bits per heavy atom. The molecule has 1 radical (unpaired) electrons. The molecule has 0 atom stereocenters. The quantitative estimate of drug-likeness (QED) is 0.730. The number of likely N-dealkylation sites (N-methyl/N-ethyl adjacent to an activating group) is 1. The second-order valence-electron chi connectivity index (χ2n) is 6.50. The second kappa shape index (κ2) is 6.73. The minimum absolute atomic E-state index is 0.710. The van der Waals surface area contributed by atoms with Gasteiger partial charge in [0.05, 0.1) is 11.4 Å². The molecule has 2 aromatic rings. The van der Waals surface area contributed by atoms with Gasteiger partial charge in [0.25, 0.3) is 0 Å². The van der Waals surface area contributed by atoms with Gasteiger partial charge >= 0.3 is 0 Å². The summed E-state index contributed by atoms with van der Waals surface area (Å²) in [5, 5.41) is 0.710. The van der Waals surface area contributed by atoms with Crippen LogP contribution in [0.2, 0.25) is 11.8 Å². The van der Waals surface area contributed by atoms with E-state index in [2.05, 4.69) is 60.2 Å². The normalized spacial score (nSPS) is 17.5. The second-order valence-corrected chi connectivity index (χ2v) is 6.94. The molecule has 25 heavy (non-hydrogen) atoms. The van der Waals surface area contributed by atoms with Gasteiger partial charge in [0.15, 0.2) is 0 Å². The molecule has 1 fully saturated rings. The van der Waals surface area contributed by atoms with E-state index in [0.717, 1.165) is 54.6 Å². The summed E-state index contributed by atoms with van der Waals surface area (Å²) >= 11 is 6.27. The predicted octanol–water partition coefficient (Wildman–Crippen LogP) is 3.78. The van der Waals surface area contributed by atoms with Crippen LogP contribution >= 0.6 is 11.6 Å². The van der Waals surface area contributed by atoms with Crippen LogP contribution in [-0.2, 0) is 0 Å². The standard InChI is InChI=1S/C19H21BClN4/c1-20-25-17-6-4-3-5-15(17)19(24-11-9-23(2)10-12-24)22-16-13-14(21)7-8-18(16)25/h3-8,13H,9-12H2,1-2H3. The number of nitrogens with zero attached hydrogens (tertiary/aromatic N) is 4. The number of aliphatic imine (C=N–C) groups is 1. The summed E-state index contributed by atoms with van der Waals surface area (Å²) in [5.41, 5.74) is 4.29. The van der Waals surface area contributed by atoms with Crippen molar-refractivity contribution in [2.24, 2.45) is 4.99 Å². The highest BCUT2D eigenvalue weighted by Crippen LogP contribution is 2.40. The zero-order valence-corrected chi connectivity index (χ0v) is 15.4. The van der Waals surface area contributed by atoms with Gasteiger partial charge in [-0.2, -0.15) is 0 Å². The van der Waals surface area contributed by atoms with Crippen molar-refractivity contribution in [1.29, 1.82) is 0 Å². The first-order chi connectivity index (χ1) is 12.2. The average Bonchev–Trinajstić information content (AvgIpc) is 2.76. The Labute approximate surface area is 155 Å². The molecule has 0 aromatic heterocycles. The molecule has 0 N–H and O–H groups in total. The highest BCUT2D eigenvalue weighted by Gasteiger charge is 2.26. The topological polar surface area (TPSA) is 22.1 Å². The number of hydrogen-bond donors (Lipinski definition) is 0. The molecule has 1 saturated heterocycles. The maximum absolute atomic E-state index is 6.27. The zero-order chi connectivity index (χ0) is 17.4. The molecule has 127 valence electrons. The molecule has 4 nitrogen and oxygen atoms in total. The summed E-state index contributed by atoms with van der Waals surface area (Å²) in [6.07, 6.45) is 0. The van der Waals surface area contributed by atoms with E-state index in [-0.39, 0.29) is 0 Å². The molecule has 4 rings (SSSR count). The van der Waals surface area contributed by atoms with Gasteiger partial charge in [-0.3, -0.25) is 0 Å². The van der Waals surface area contributed by atoms with Gasteiger partial charge in [-0.15, -0.1) is 0 Å². The minimum Gasteiger partial charge on any atom is -0.389 e. The van der Waals surface area contributed by atoms with Gasteiger partial charge in [-0.25, -0.2) is 4.99 Å². The summed E-state index contributed by atoms with van der Waals surface area (Å²) in [6.45, 7) is 6.11. The highest BCUT2D eigenvalue weighted by molar-refractivity contribution is 6.44.